The summed E-state index contributed by atoms with van der Waals surface area (Å²) >= 11 is 7.46. The summed E-state index contributed by atoms with van der Waals surface area (Å²) < 4.78 is 42.1. The zero-order valence-electron chi connectivity index (χ0n) is 18.0. The largest absolute Gasteiger partial charge is 0.478 e. The normalized spacial score (nSPS) is 11.7. The molecule has 0 bridgehead atoms. The fourth-order valence-electron chi connectivity index (χ4n) is 3.85. The highest BCUT2D eigenvalue weighted by atomic mass is 35.5. The Balaban J connectivity index is 1.75. The molecule has 0 aliphatic rings. The molecule has 2 heterocycles. The van der Waals surface area contributed by atoms with E-state index in [2.05, 4.69) is 10.1 Å². The summed E-state index contributed by atoms with van der Waals surface area (Å²) in [7, 11) is 0. The van der Waals surface area contributed by atoms with Crippen LogP contribution in [0.1, 0.15) is 26.3 Å². The topological polar surface area (TPSA) is 85.1 Å². The van der Waals surface area contributed by atoms with Crippen molar-refractivity contribution < 1.29 is 27.9 Å². The number of halogens is 4. The summed E-state index contributed by atoms with van der Waals surface area (Å²) in [5.74, 6) is -2.17. The molecule has 11 heteroatoms. The number of carboxylic acids is 1. The summed E-state index contributed by atoms with van der Waals surface area (Å²) in [5, 5.41) is 15.5. The Bertz CT molecular complexity index is 1630. The second kappa shape index (κ2) is 8.89. The maximum Gasteiger partial charge on any atom is 0.417 e. The van der Waals surface area contributed by atoms with E-state index in [1.54, 1.807) is 29.1 Å². The van der Waals surface area contributed by atoms with Gasteiger partial charge in [-0.2, -0.15) is 23.0 Å². The Kier molecular flexibility index (Phi) is 5.85. The summed E-state index contributed by atoms with van der Waals surface area (Å²) in [6, 6.07) is 14.0. The number of rotatable bonds is 4. The van der Waals surface area contributed by atoms with Gasteiger partial charge in [-0.25, -0.2) is 9.78 Å². The van der Waals surface area contributed by atoms with Crippen molar-refractivity contribution in [3.8, 4) is 22.5 Å². The highest BCUT2D eigenvalue weighted by Crippen LogP contribution is 2.37. The Labute approximate surface area is 210 Å². The number of fused-ring (bicyclic) bond motifs is 1. The van der Waals surface area contributed by atoms with Gasteiger partial charge >= 0.3 is 12.1 Å². The van der Waals surface area contributed by atoms with Gasteiger partial charge in [-0.15, -0.1) is 11.3 Å². The maximum absolute atomic E-state index is 13.7. The average Bonchev–Trinajstić information content (AvgIpc) is 3.51. The zero-order chi connectivity index (χ0) is 25.6. The number of carbonyl (C=O) groups is 2. The third-order valence-electron chi connectivity index (χ3n) is 5.54. The number of carboxylic acid groups (broad SMARTS) is 1. The van der Waals surface area contributed by atoms with Crippen molar-refractivity contribution in [1.82, 2.24) is 14.8 Å². The second-order valence-corrected chi connectivity index (χ2v) is 8.84. The van der Waals surface area contributed by atoms with Crippen LogP contribution in [-0.2, 0) is 6.18 Å². The molecule has 0 aliphatic carbocycles. The van der Waals surface area contributed by atoms with Crippen LogP contribution in [0.5, 0.6) is 0 Å². The molecule has 0 amide bonds. The van der Waals surface area contributed by atoms with Crippen LogP contribution in [0, 0.1) is 0 Å². The molecular formula is C25H13ClF3N3O3S. The predicted octanol–water partition coefficient (Wildman–Crippen LogP) is 6.89. The molecule has 5 aromatic rings. The van der Waals surface area contributed by atoms with Gasteiger partial charge in [0.05, 0.1) is 38.4 Å². The van der Waals surface area contributed by atoms with Gasteiger partial charge in [0.25, 0.3) is 5.91 Å². The lowest BCUT2D eigenvalue weighted by Crippen LogP contribution is -2.20. The standard InChI is InChI=1S/C25H13ClF3N3O3S/c26-18-3-1-2-17(25(27,28)29)21(18)23(33)32-20-10-15(19-11-36-12-30-19)8-9-16(20)22(31-32)13-4-6-14(7-5-13)24(34)35/h1-12H,(H,34,35). The second-order valence-electron chi connectivity index (χ2n) is 7.71. The molecule has 36 heavy (non-hydrogen) atoms. The first-order chi connectivity index (χ1) is 17.1. The van der Waals surface area contributed by atoms with E-state index in [4.69, 9.17) is 11.6 Å². The molecule has 0 radical (unpaired) electrons. The van der Waals surface area contributed by atoms with Crippen molar-refractivity contribution in [3.05, 3.63) is 93.3 Å². The molecule has 2 aromatic heterocycles. The van der Waals surface area contributed by atoms with E-state index in [-0.39, 0.29) is 16.1 Å². The number of thiazole rings is 1. The number of hydrogen-bond donors (Lipinski definition) is 1. The van der Waals surface area contributed by atoms with Gasteiger partial charge in [-0.05, 0) is 36.4 Å². The van der Waals surface area contributed by atoms with Crippen LogP contribution >= 0.6 is 22.9 Å². The lowest BCUT2D eigenvalue weighted by atomic mass is 10.0. The first-order valence-corrected chi connectivity index (χ1v) is 11.6. The molecule has 1 N–H and O–H groups in total. The minimum absolute atomic E-state index is 0.0512. The number of aromatic nitrogens is 3. The first kappa shape index (κ1) is 23.7. The smallest absolute Gasteiger partial charge is 0.417 e. The van der Waals surface area contributed by atoms with Gasteiger partial charge in [0.2, 0.25) is 0 Å². The van der Waals surface area contributed by atoms with Crippen molar-refractivity contribution in [2.24, 2.45) is 0 Å². The maximum atomic E-state index is 13.7. The van der Waals surface area contributed by atoms with E-state index in [0.717, 1.165) is 16.8 Å². The van der Waals surface area contributed by atoms with Gasteiger partial charge in [-0.1, -0.05) is 35.9 Å². The van der Waals surface area contributed by atoms with E-state index in [1.165, 1.54) is 41.7 Å². The van der Waals surface area contributed by atoms with Gasteiger partial charge in [0.15, 0.2) is 0 Å². The van der Waals surface area contributed by atoms with Crippen LogP contribution in [0.4, 0.5) is 13.2 Å². The van der Waals surface area contributed by atoms with Gasteiger partial charge in [-0.3, -0.25) is 4.79 Å². The van der Waals surface area contributed by atoms with Crippen molar-refractivity contribution in [3.63, 3.8) is 0 Å². The van der Waals surface area contributed by atoms with E-state index in [1.807, 2.05) is 0 Å². The number of alkyl halides is 3. The summed E-state index contributed by atoms with van der Waals surface area (Å²) in [6.45, 7) is 0. The summed E-state index contributed by atoms with van der Waals surface area (Å²) in [4.78, 5) is 29.0. The van der Waals surface area contributed by atoms with Crippen LogP contribution in [0.3, 0.4) is 0 Å². The third-order valence-corrected chi connectivity index (χ3v) is 6.44. The minimum Gasteiger partial charge on any atom is -0.478 e. The molecule has 0 aliphatic heterocycles. The summed E-state index contributed by atoms with van der Waals surface area (Å²) in [5.41, 5.74) is 2.08. The fraction of sp³-hybridized carbons (Fsp3) is 0.0400. The molecule has 5 rings (SSSR count). The molecule has 0 unspecified atom stereocenters. The SMILES string of the molecule is O=C(O)c1ccc(-c2nn(C(=O)c3c(Cl)cccc3C(F)(F)F)c3cc(-c4cscn4)ccc23)cc1. The number of hydrogen-bond acceptors (Lipinski definition) is 5. The Morgan fingerprint density at radius 2 is 1.72 bits per heavy atom. The number of benzene rings is 3. The van der Waals surface area contributed by atoms with Crippen LogP contribution in [0.15, 0.2) is 71.6 Å². The molecule has 0 saturated heterocycles. The Morgan fingerprint density at radius 1 is 1.00 bits per heavy atom. The lowest BCUT2D eigenvalue weighted by Gasteiger charge is -2.13. The van der Waals surface area contributed by atoms with E-state index in [9.17, 15) is 27.9 Å². The van der Waals surface area contributed by atoms with Crippen molar-refractivity contribution >= 4 is 45.7 Å². The number of nitrogens with zero attached hydrogens (tertiary/aromatic N) is 3. The molecule has 0 spiro atoms. The Hall–Kier alpha value is -4.02. The highest BCUT2D eigenvalue weighted by molar-refractivity contribution is 7.07. The average molecular weight is 528 g/mol. The van der Waals surface area contributed by atoms with E-state index in [0.29, 0.717) is 27.9 Å². The lowest BCUT2D eigenvalue weighted by molar-refractivity contribution is -0.137. The van der Waals surface area contributed by atoms with Gasteiger partial charge < -0.3 is 5.11 Å². The van der Waals surface area contributed by atoms with Crippen molar-refractivity contribution in [2.45, 2.75) is 6.18 Å². The van der Waals surface area contributed by atoms with Crippen molar-refractivity contribution in [1.29, 1.82) is 0 Å². The van der Waals surface area contributed by atoms with Crippen molar-refractivity contribution in [2.75, 3.05) is 0 Å². The van der Waals surface area contributed by atoms with Crippen LogP contribution in [0.25, 0.3) is 33.4 Å². The minimum atomic E-state index is -4.82. The predicted molar refractivity (Wildman–Crippen MR) is 129 cm³/mol. The zero-order valence-corrected chi connectivity index (χ0v) is 19.5. The monoisotopic (exact) mass is 527 g/mol. The van der Waals surface area contributed by atoms with E-state index < -0.39 is 29.2 Å². The molecule has 0 fully saturated rings. The molecule has 180 valence electrons. The fourth-order valence-corrected chi connectivity index (χ4v) is 4.67. The van der Waals surface area contributed by atoms with Crippen LogP contribution in [-0.4, -0.2) is 31.7 Å². The van der Waals surface area contributed by atoms with Gasteiger partial charge in [0.1, 0.15) is 5.69 Å². The summed E-state index contributed by atoms with van der Waals surface area (Å²) in [6.07, 6.45) is -4.82. The van der Waals surface area contributed by atoms with E-state index >= 15 is 0 Å². The molecule has 3 aromatic carbocycles. The molecule has 6 nitrogen and oxygen atoms in total. The third kappa shape index (κ3) is 4.14. The quantitative estimate of drug-likeness (QED) is 0.275. The molecular weight excluding hydrogens is 515 g/mol. The highest BCUT2D eigenvalue weighted by Gasteiger charge is 2.37. The molecule has 0 saturated carbocycles. The van der Waals surface area contributed by atoms with Crippen LogP contribution < -0.4 is 0 Å². The number of aromatic carboxylic acids is 1. The number of carbonyl (C=O) groups excluding carboxylic acids is 1. The molecule has 0 atom stereocenters. The first-order valence-electron chi connectivity index (χ1n) is 10.3. The Morgan fingerprint density at radius 3 is 2.36 bits per heavy atom. The van der Waals surface area contributed by atoms with Crippen LogP contribution in [0.2, 0.25) is 5.02 Å². The van der Waals surface area contributed by atoms with Gasteiger partial charge in [0, 0.05) is 21.9 Å².